The number of nitrogens with one attached hydrogen (secondary N) is 2. The molecule has 0 aliphatic rings. The number of thiophene rings is 1. The van der Waals surface area contributed by atoms with Crippen molar-refractivity contribution in [3.63, 3.8) is 0 Å². The average molecular weight is 469 g/mol. The van der Waals surface area contributed by atoms with Gasteiger partial charge in [-0.05, 0) is 42.6 Å². The number of aromatic amines is 1. The molecule has 0 aromatic carbocycles. The number of carbonyl (C=O) groups excluding carboxylic acids is 1. The van der Waals surface area contributed by atoms with Crippen molar-refractivity contribution in [3.8, 4) is 33.5 Å². The quantitative estimate of drug-likeness (QED) is 0.275. The van der Waals surface area contributed by atoms with Gasteiger partial charge >= 0.3 is 0 Å². The van der Waals surface area contributed by atoms with E-state index in [1.54, 1.807) is 29.9 Å². The van der Waals surface area contributed by atoms with Crippen molar-refractivity contribution >= 4 is 45.5 Å². The molecule has 1 unspecified atom stereocenters. The van der Waals surface area contributed by atoms with Crippen LogP contribution in [0.1, 0.15) is 6.92 Å². The number of rotatable bonds is 7. The molecule has 0 bridgehead atoms. The Morgan fingerprint density at radius 1 is 1.10 bits per heavy atom. The predicted molar refractivity (Wildman–Crippen MR) is 123 cm³/mol. The molecule has 5 rings (SSSR count). The van der Waals surface area contributed by atoms with Gasteiger partial charge in [0.1, 0.15) is 11.4 Å². The smallest absolute Gasteiger partial charge is 0.239 e. The Kier molecular flexibility index (Phi) is 5.49. The average Bonchev–Trinajstić information content (AvgIpc) is 3.59. The monoisotopic (exact) mass is 468 g/mol. The normalized spacial score (nSPS) is 12.2. The zero-order valence-corrected chi connectivity index (χ0v) is 18.6. The van der Waals surface area contributed by atoms with E-state index in [9.17, 15) is 4.79 Å². The van der Waals surface area contributed by atoms with Crippen LogP contribution in [0.5, 0.6) is 0 Å². The van der Waals surface area contributed by atoms with Crippen LogP contribution >= 0.6 is 34.4 Å². The Hall–Kier alpha value is -3.08. The van der Waals surface area contributed by atoms with Gasteiger partial charge < -0.3 is 19.1 Å². The largest absolute Gasteiger partial charge is 0.463 e. The fourth-order valence-corrected chi connectivity index (χ4v) is 5.17. The molecule has 0 fully saturated rings. The molecule has 0 aliphatic heterocycles. The van der Waals surface area contributed by atoms with E-state index in [4.69, 9.17) is 8.83 Å². The summed E-state index contributed by atoms with van der Waals surface area (Å²) in [6.07, 6.45) is 3.20. The molecular formula is C21H16N4O3S3. The van der Waals surface area contributed by atoms with Crippen LogP contribution in [0.15, 0.2) is 73.7 Å². The van der Waals surface area contributed by atoms with Gasteiger partial charge in [0.15, 0.2) is 21.8 Å². The number of imidazole rings is 1. The summed E-state index contributed by atoms with van der Waals surface area (Å²) in [6.45, 7) is 1.83. The Morgan fingerprint density at radius 2 is 1.90 bits per heavy atom. The van der Waals surface area contributed by atoms with Crippen molar-refractivity contribution in [2.45, 2.75) is 17.3 Å². The lowest BCUT2D eigenvalue weighted by Crippen LogP contribution is -2.22. The standard InChI is InChI=1S/C21H16N4O3S3/c1-12(19(26)25-20-22-13(11-30-20)16-7-4-10-29-16)31-21-23-17(14-5-2-8-27-14)18(24-21)15-6-3-9-28-15/h2-12H,1H3,(H,23,24)(H,22,25,26). The second-order valence-electron chi connectivity index (χ2n) is 6.48. The van der Waals surface area contributed by atoms with E-state index >= 15 is 0 Å². The van der Waals surface area contributed by atoms with Gasteiger partial charge in [0.05, 0.1) is 28.3 Å². The van der Waals surface area contributed by atoms with Crippen LogP contribution in [0.3, 0.4) is 0 Å². The van der Waals surface area contributed by atoms with Gasteiger partial charge in [-0.3, -0.25) is 4.79 Å². The van der Waals surface area contributed by atoms with Crippen molar-refractivity contribution in [1.82, 2.24) is 15.0 Å². The molecule has 0 radical (unpaired) electrons. The number of thioether (sulfide) groups is 1. The van der Waals surface area contributed by atoms with Crippen molar-refractivity contribution in [2.24, 2.45) is 0 Å². The third-order valence-electron chi connectivity index (χ3n) is 4.37. The highest BCUT2D eigenvalue weighted by Gasteiger charge is 2.22. The summed E-state index contributed by atoms with van der Waals surface area (Å²) in [5, 5.41) is 7.62. The van der Waals surface area contributed by atoms with Gasteiger partial charge in [0.2, 0.25) is 5.91 Å². The Bertz CT molecular complexity index is 1220. The molecule has 156 valence electrons. The number of thiazole rings is 1. The highest BCUT2D eigenvalue weighted by atomic mass is 32.2. The number of aromatic nitrogens is 3. The lowest BCUT2D eigenvalue weighted by atomic mass is 10.2. The van der Waals surface area contributed by atoms with Gasteiger partial charge in [-0.2, -0.15) is 0 Å². The van der Waals surface area contributed by atoms with Crippen molar-refractivity contribution < 1.29 is 13.6 Å². The summed E-state index contributed by atoms with van der Waals surface area (Å²) >= 11 is 4.35. The van der Waals surface area contributed by atoms with Crippen LogP contribution in [0.2, 0.25) is 0 Å². The maximum absolute atomic E-state index is 12.7. The van der Waals surface area contributed by atoms with Crippen LogP contribution in [-0.4, -0.2) is 26.1 Å². The van der Waals surface area contributed by atoms with Gasteiger partial charge in [0.25, 0.3) is 0 Å². The molecule has 5 aromatic heterocycles. The second kappa shape index (κ2) is 8.58. The SMILES string of the molecule is CC(Sc1nc(-c2ccco2)c(-c2ccco2)[nH]1)C(=O)Nc1nc(-c2cccs2)cs1. The molecule has 2 N–H and O–H groups in total. The molecule has 10 heteroatoms. The first-order chi connectivity index (χ1) is 15.2. The van der Waals surface area contributed by atoms with Crippen molar-refractivity contribution in [2.75, 3.05) is 5.32 Å². The van der Waals surface area contributed by atoms with E-state index in [0.717, 1.165) is 10.6 Å². The number of furan rings is 2. The molecule has 0 saturated carbocycles. The Balaban J connectivity index is 1.31. The third kappa shape index (κ3) is 4.22. The number of amides is 1. The molecule has 0 spiro atoms. The second-order valence-corrected chi connectivity index (χ2v) is 9.62. The minimum Gasteiger partial charge on any atom is -0.463 e. The molecule has 1 atom stereocenters. The topological polar surface area (TPSA) is 97.0 Å². The summed E-state index contributed by atoms with van der Waals surface area (Å²) in [4.78, 5) is 26.2. The highest BCUT2D eigenvalue weighted by molar-refractivity contribution is 8.00. The van der Waals surface area contributed by atoms with E-state index in [-0.39, 0.29) is 5.91 Å². The molecule has 7 nitrogen and oxygen atoms in total. The summed E-state index contributed by atoms with van der Waals surface area (Å²) in [7, 11) is 0. The van der Waals surface area contributed by atoms with Crippen LogP contribution < -0.4 is 5.32 Å². The molecule has 31 heavy (non-hydrogen) atoms. The molecular weight excluding hydrogens is 452 g/mol. The van der Waals surface area contributed by atoms with E-state index < -0.39 is 5.25 Å². The molecule has 5 aromatic rings. The minimum absolute atomic E-state index is 0.146. The van der Waals surface area contributed by atoms with E-state index in [1.807, 2.05) is 48.0 Å². The van der Waals surface area contributed by atoms with Gasteiger partial charge in [-0.15, -0.1) is 22.7 Å². The van der Waals surface area contributed by atoms with Crippen molar-refractivity contribution in [3.05, 3.63) is 59.7 Å². The maximum Gasteiger partial charge on any atom is 0.239 e. The first-order valence-electron chi connectivity index (χ1n) is 9.32. The number of anilines is 1. The first-order valence-corrected chi connectivity index (χ1v) is 12.0. The van der Waals surface area contributed by atoms with Crippen molar-refractivity contribution in [1.29, 1.82) is 0 Å². The summed E-state index contributed by atoms with van der Waals surface area (Å²) in [6, 6.07) is 11.3. The number of nitrogens with zero attached hydrogens (tertiary/aromatic N) is 2. The van der Waals surface area contributed by atoms with Crippen LogP contribution in [0.25, 0.3) is 33.5 Å². The van der Waals surface area contributed by atoms with E-state index in [0.29, 0.717) is 33.2 Å². The fourth-order valence-electron chi connectivity index (χ4n) is 2.89. The third-order valence-corrected chi connectivity index (χ3v) is 7.00. The van der Waals surface area contributed by atoms with Crippen LogP contribution in [0, 0.1) is 0 Å². The number of H-pyrrole nitrogens is 1. The lowest BCUT2D eigenvalue weighted by molar-refractivity contribution is -0.115. The number of hydrogen-bond donors (Lipinski definition) is 2. The Labute approximate surface area is 189 Å². The predicted octanol–water partition coefficient (Wildman–Crippen LogP) is 6.23. The minimum atomic E-state index is -0.394. The first kappa shape index (κ1) is 19.9. The van der Waals surface area contributed by atoms with Gasteiger partial charge in [-0.1, -0.05) is 17.8 Å². The zero-order valence-electron chi connectivity index (χ0n) is 16.2. The molecule has 5 heterocycles. The summed E-state index contributed by atoms with van der Waals surface area (Å²) in [5.74, 6) is 1.12. The lowest BCUT2D eigenvalue weighted by Gasteiger charge is -2.08. The van der Waals surface area contributed by atoms with Crippen LogP contribution in [0.4, 0.5) is 5.13 Å². The van der Waals surface area contributed by atoms with Gasteiger partial charge in [0, 0.05) is 5.38 Å². The zero-order chi connectivity index (χ0) is 21.2. The van der Waals surface area contributed by atoms with E-state index in [2.05, 4.69) is 20.3 Å². The molecule has 1 amide bonds. The number of carbonyl (C=O) groups is 1. The van der Waals surface area contributed by atoms with Gasteiger partial charge in [-0.25, -0.2) is 9.97 Å². The highest BCUT2D eigenvalue weighted by Crippen LogP contribution is 2.35. The summed E-state index contributed by atoms with van der Waals surface area (Å²) < 4.78 is 11.0. The fraction of sp³-hybridized carbons (Fsp3) is 0.0952. The number of hydrogen-bond acceptors (Lipinski definition) is 8. The summed E-state index contributed by atoms with van der Waals surface area (Å²) in [5.41, 5.74) is 2.21. The van der Waals surface area contributed by atoms with Crippen LogP contribution in [-0.2, 0) is 4.79 Å². The maximum atomic E-state index is 12.7. The van der Waals surface area contributed by atoms with E-state index in [1.165, 1.54) is 23.1 Å². The molecule has 0 saturated heterocycles. The molecule has 0 aliphatic carbocycles. The Morgan fingerprint density at radius 3 is 2.61 bits per heavy atom.